The summed E-state index contributed by atoms with van der Waals surface area (Å²) >= 11 is 0. The third kappa shape index (κ3) is 7.77. The summed E-state index contributed by atoms with van der Waals surface area (Å²) < 4.78 is 0. The molecule has 0 saturated carbocycles. The highest BCUT2D eigenvalue weighted by Crippen LogP contribution is 1.95. The van der Waals surface area contributed by atoms with E-state index >= 15 is 0 Å². The van der Waals surface area contributed by atoms with Crippen LogP contribution in [0, 0.1) is 12.3 Å². The SMILES string of the molecule is C#CCCC[C@@H](N)CO.Cl. The molecule has 0 aliphatic heterocycles. The van der Waals surface area contributed by atoms with E-state index in [0.29, 0.717) is 0 Å². The van der Waals surface area contributed by atoms with Crippen molar-refractivity contribution in [2.45, 2.75) is 25.3 Å². The van der Waals surface area contributed by atoms with Gasteiger partial charge in [-0.25, -0.2) is 0 Å². The van der Waals surface area contributed by atoms with Crippen LogP contribution in [0.1, 0.15) is 19.3 Å². The van der Waals surface area contributed by atoms with Crippen LogP contribution in [-0.2, 0) is 0 Å². The van der Waals surface area contributed by atoms with Crippen LogP contribution < -0.4 is 5.73 Å². The monoisotopic (exact) mass is 163 g/mol. The van der Waals surface area contributed by atoms with E-state index in [1.807, 2.05) is 0 Å². The molecule has 0 saturated heterocycles. The minimum Gasteiger partial charge on any atom is -0.395 e. The third-order valence-electron chi connectivity index (χ3n) is 1.13. The van der Waals surface area contributed by atoms with Crippen molar-refractivity contribution in [3.05, 3.63) is 0 Å². The van der Waals surface area contributed by atoms with Crippen LogP contribution in [0.2, 0.25) is 0 Å². The molecule has 3 heteroatoms. The fourth-order valence-electron chi connectivity index (χ4n) is 0.558. The van der Waals surface area contributed by atoms with Gasteiger partial charge >= 0.3 is 0 Å². The number of halogens is 1. The van der Waals surface area contributed by atoms with Crippen LogP contribution in [0.5, 0.6) is 0 Å². The van der Waals surface area contributed by atoms with Crippen molar-refractivity contribution >= 4 is 12.4 Å². The van der Waals surface area contributed by atoms with E-state index in [1.54, 1.807) is 0 Å². The summed E-state index contributed by atoms with van der Waals surface area (Å²) in [5, 5.41) is 8.46. The summed E-state index contributed by atoms with van der Waals surface area (Å²) in [4.78, 5) is 0. The highest BCUT2D eigenvalue weighted by Gasteiger charge is 1.96. The zero-order chi connectivity index (χ0) is 7.11. The van der Waals surface area contributed by atoms with E-state index < -0.39 is 0 Å². The summed E-state index contributed by atoms with van der Waals surface area (Å²) in [7, 11) is 0. The minimum absolute atomic E-state index is 0. The number of unbranched alkanes of at least 4 members (excludes halogenated alkanes) is 1. The first kappa shape index (κ1) is 12.4. The van der Waals surface area contributed by atoms with Crippen LogP contribution in [0.25, 0.3) is 0 Å². The molecule has 0 unspecified atom stereocenters. The van der Waals surface area contributed by atoms with Crippen molar-refractivity contribution in [1.82, 2.24) is 0 Å². The molecule has 0 rings (SSSR count). The Morgan fingerprint density at radius 1 is 1.60 bits per heavy atom. The lowest BCUT2D eigenvalue weighted by molar-refractivity contribution is 0.258. The van der Waals surface area contributed by atoms with Gasteiger partial charge in [-0.2, -0.15) is 0 Å². The molecule has 0 radical (unpaired) electrons. The number of terminal acetylenes is 1. The predicted molar refractivity (Wildman–Crippen MR) is 45.0 cm³/mol. The van der Waals surface area contributed by atoms with Gasteiger partial charge in [-0.1, -0.05) is 0 Å². The largest absolute Gasteiger partial charge is 0.395 e. The highest BCUT2D eigenvalue weighted by molar-refractivity contribution is 5.85. The molecule has 0 aliphatic rings. The predicted octanol–water partition coefficient (Wildman–Crippen LogP) is 0.531. The van der Waals surface area contributed by atoms with Crippen molar-refractivity contribution in [2.75, 3.05) is 6.61 Å². The van der Waals surface area contributed by atoms with Crippen LogP contribution in [0.3, 0.4) is 0 Å². The maximum absolute atomic E-state index is 8.46. The van der Waals surface area contributed by atoms with Crippen molar-refractivity contribution in [3.8, 4) is 12.3 Å². The molecular weight excluding hydrogens is 150 g/mol. The van der Waals surface area contributed by atoms with Gasteiger partial charge in [0.1, 0.15) is 0 Å². The third-order valence-corrected chi connectivity index (χ3v) is 1.13. The van der Waals surface area contributed by atoms with Crippen LogP contribution >= 0.6 is 12.4 Å². The second kappa shape index (κ2) is 8.77. The van der Waals surface area contributed by atoms with Crippen molar-refractivity contribution in [2.24, 2.45) is 5.73 Å². The lowest BCUT2D eigenvalue weighted by Crippen LogP contribution is -2.23. The fraction of sp³-hybridized carbons (Fsp3) is 0.714. The van der Waals surface area contributed by atoms with Crippen LogP contribution in [0.4, 0.5) is 0 Å². The first-order valence-electron chi connectivity index (χ1n) is 3.11. The first-order chi connectivity index (χ1) is 4.31. The van der Waals surface area contributed by atoms with Gasteiger partial charge in [0, 0.05) is 12.5 Å². The summed E-state index contributed by atoms with van der Waals surface area (Å²) in [6.45, 7) is 0.0601. The number of rotatable bonds is 4. The number of hydrogen-bond donors (Lipinski definition) is 2. The molecule has 0 heterocycles. The molecule has 0 amide bonds. The molecule has 3 N–H and O–H groups in total. The Bertz CT molecular complexity index is 100. The van der Waals surface area contributed by atoms with Gasteiger partial charge in [0.15, 0.2) is 0 Å². The van der Waals surface area contributed by atoms with Crippen LogP contribution in [-0.4, -0.2) is 17.8 Å². The van der Waals surface area contributed by atoms with Gasteiger partial charge in [-0.15, -0.1) is 24.8 Å². The number of aliphatic hydroxyl groups excluding tert-OH is 1. The van der Waals surface area contributed by atoms with Gasteiger partial charge in [0.2, 0.25) is 0 Å². The average Bonchev–Trinajstić information content (AvgIpc) is 1.89. The molecule has 60 valence electrons. The maximum Gasteiger partial charge on any atom is 0.0582 e. The number of aliphatic hydroxyl groups is 1. The van der Waals surface area contributed by atoms with E-state index in [1.165, 1.54) is 0 Å². The fourth-order valence-corrected chi connectivity index (χ4v) is 0.558. The van der Waals surface area contributed by atoms with Gasteiger partial charge in [0.25, 0.3) is 0 Å². The molecule has 0 spiro atoms. The van der Waals surface area contributed by atoms with Crippen molar-refractivity contribution < 1.29 is 5.11 Å². The maximum atomic E-state index is 8.46. The second-order valence-electron chi connectivity index (χ2n) is 2.04. The second-order valence-corrected chi connectivity index (χ2v) is 2.04. The van der Waals surface area contributed by atoms with Crippen LogP contribution in [0.15, 0.2) is 0 Å². The smallest absolute Gasteiger partial charge is 0.0582 e. The van der Waals surface area contributed by atoms with E-state index in [4.69, 9.17) is 17.3 Å². The van der Waals surface area contributed by atoms with E-state index in [-0.39, 0.29) is 25.1 Å². The Morgan fingerprint density at radius 2 is 2.20 bits per heavy atom. The van der Waals surface area contributed by atoms with E-state index in [2.05, 4.69) is 5.92 Å². The molecule has 10 heavy (non-hydrogen) atoms. The van der Waals surface area contributed by atoms with Gasteiger partial charge < -0.3 is 10.8 Å². The van der Waals surface area contributed by atoms with Gasteiger partial charge in [-0.3, -0.25) is 0 Å². The Morgan fingerprint density at radius 3 is 2.60 bits per heavy atom. The molecule has 2 nitrogen and oxygen atoms in total. The van der Waals surface area contributed by atoms with E-state index in [9.17, 15) is 0 Å². The molecular formula is C7H14ClNO. The topological polar surface area (TPSA) is 46.2 Å². The highest BCUT2D eigenvalue weighted by atomic mass is 35.5. The Hall–Kier alpha value is -0.230. The Kier molecular flexibility index (Phi) is 10.9. The Labute approximate surface area is 68.2 Å². The molecule has 0 aromatic heterocycles. The molecule has 0 fully saturated rings. The summed E-state index contributed by atoms with van der Waals surface area (Å²) in [6.07, 6.45) is 7.50. The van der Waals surface area contributed by atoms with E-state index in [0.717, 1.165) is 19.3 Å². The summed E-state index contributed by atoms with van der Waals surface area (Å²) in [6, 6.07) is -0.0849. The molecule has 0 aromatic carbocycles. The standard InChI is InChI=1S/C7H13NO.ClH/c1-2-3-4-5-7(8)6-9;/h1,7,9H,3-6,8H2;1H/t7-;/m1./s1. The lowest BCUT2D eigenvalue weighted by atomic mass is 10.1. The van der Waals surface area contributed by atoms with Crippen molar-refractivity contribution in [1.29, 1.82) is 0 Å². The van der Waals surface area contributed by atoms with Crippen molar-refractivity contribution in [3.63, 3.8) is 0 Å². The quantitative estimate of drug-likeness (QED) is 0.469. The zero-order valence-corrected chi connectivity index (χ0v) is 6.73. The minimum atomic E-state index is -0.0849. The van der Waals surface area contributed by atoms with Gasteiger partial charge in [0.05, 0.1) is 6.61 Å². The molecule has 0 aromatic rings. The normalized spacial score (nSPS) is 11.3. The van der Waals surface area contributed by atoms with Gasteiger partial charge in [-0.05, 0) is 12.8 Å². The summed E-state index contributed by atoms with van der Waals surface area (Å²) in [5.41, 5.74) is 5.40. The molecule has 0 aliphatic carbocycles. The zero-order valence-electron chi connectivity index (χ0n) is 5.92. The first-order valence-corrected chi connectivity index (χ1v) is 3.11. The Balaban J connectivity index is 0. The number of hydrogen-bond acceptors (Lipinski definition) is 2. The average molecular weight is 164 g/mol. The summed E-state index contributed by atoms with van der Waals surface area (Å²) in [5.74, 6) is 2.51. The lowest BCUT2D eigenvalue weighted by Gasteiger charge is -2.03. The number of nitrogens with two attached hydrogens (primary N) is 1. The molecule has 1 atom stereocenters. The molecule has 0 bridgehead atoms.